The molecule has 2 heterocycles. The lowest BCUT2D eigenvalue weighted by atomic mass is 9.74. The van der Waals surface area contributed by atoms with Crippen LogP contribution < -0.4 is 5.32 Å². The molecule has 1 aliphatic carbocycles. The molecule has 134 valence electrons. The van der Waals surface area contributed by atoms with Crippen LogP contribution in [0, 0.1) is 0 Å². The van der Waals surface area contributed by atoms with Crippen LogP contribution in [0.25, 0.3) is 0 Å². The number of ether oxygens (including phenoxy) is 1. The number of methoxy groups -OCH3 is 1. The van der Waals surface area contributed by atoms with Crippen LogP contribution in [-0.2, 0) is 19.1 Å². The summed E-state index contributed by atoms with van der Waals surface area (Å²) < 4.78 is 5.02. The van der Waals surface area contributed by atoms with Crippen LogP contribution in [0.1, 0.15) is 30.7 Å². The maximum absolute atomic E-state index is 12.9. The monoisotopic (exact) mass is 352 g/mol. The summed E-state index contributed by atoms with van der Waals surface area (Å²) in [6.07, 6.45) is 1.96. The van der Waals surface area contributed by atoms with E-state index in [0.717, 1.165) is 24.1 Å². The van der Waals surface area contributed by atoms with Gasteiger partial charge in [-0.2, -0.15) is 0 Å². The number of hydrogen-bond acceptors (Lipinski definition) is 5. The van der Waals surface area contributed by atoms with Crippen molar-refractivity contribution in [3.8, 4) is 0 Å². The number of carbonyl (C=O) groups is 3. The van der Waals surface area contributed by atoms with Crippen molar-refractivity contribution >= 4 is 17.7 Å². The molecule has 4 rings (SSSR count). The molecule has 1 aromatic carbocycles. The minimum atomic E-state index is -0.569. The maximum Gasteiger partial charge on any atom is 0.337 e. The van der Waals surface area contributed by atoms with Gasteiger partial charge in [0.15, 0.2) is 5.78 Å². The highest BCUT2D eigenvalue weighted by atomic mass is 16.5. The zero-order chi connectivity index (χ0) is 18.3. The van der Waals surface area contributed by atoms with Gasteiger partial charge in [0, 0.05) is 36.7 Å². The van der Waals surface area contributed by atoms with Crippen LogP contribution in [0.3, 0.4) is 0 Å². The Labute approximate surface area is 151 Å². The predicted molar refractivity (Wildman–Crippen MR) is 93.8 cm³/mol. The Kier molecular flexibility index (Phi) is 4.11. The summed E-state index contributed by atoms with van der Waals surface area (Å²) in [6.45, 7) is 1.03. The molecule has 6 heteroatoms. The second kappa shape index (κ2) is 6.44. The van der Waals surface area contributed by atoms with Crippen molar-refractivity contribution in [3.05, 3.63) is 58.4 Å². The van der Waals surface area contributed by atoms with Crippen LogP contribution >= 0.6 is 0 Å². The van der Waals surface area contributed by atoms with Gasteiger partial charge in [-0.1, -0.05) is 30.3 Å². The zero-order valence-electron chi connectivity index (χ0n) is 14.6. The summed E-state index contributed by atoms with van der Waals surface area (Å²) in [4.78, 5) is 40.1. The Bertz CT molecular complexity index is 854. The molecule has 0 aromatic heterocycles. The zero-order valence-corrected chi connectivity index (χ0v) is 14.6. The third-order valence-electron chi connectivity index (χ3n) is 5.23. The van der Waals surface area contributed by atoms with Gasteiger partial charge in [0.05, 0.1) is 12.7 Å². The molecule has 1 atom stereocenters. The molecule has 1 amide bonds. The molecule has 3 aliphatic rings. The number of allylic oxidation sites excluding steroid dienone is 2. The smallest absolute Gasteiger partial charge is 0.337 e. The van der Waals surface area contributed by atoms with Gasteiger partial charge in [-0.3, -0.25) is 9.59 Å². The first kappa shape index (κ1) is 16.6. The fourth-order valence-corrected chi connectivity index (χ4v) is 4.18. The Morgan fingerprint density at radius 2 is 1.96 bits per heavy atom. The Morgan fingerprint density at radius 1 is 1.19 bits per heavy atom. The molecule has 0 spiro atoms. The van der Waals surface area contributed by atoms with E-state index in [-0.39, 0.29) is 17.3 Å². The van der Waals surface area contributed by atoms with Crippen molar-refractivity contribution in [3.63, 3.8) is 0 Å². The number of nitrogens with one attached hydrogen (secondary N) is 1. The lowest BCUT2D eigenvalue weighted by Gasteiger charge is -2.43. The average molecular weight is 352 g/mol. The van der Waals surface area contributed by atoms with Gasteiger partial charge < -0.3 is 15.0 Å². The second-order valence-corrected chi connectivity index (χ2v) is 6.64. The van der Waals surface area contributed by atoms with Crippen molar-refractivity contribution in [2.24, 2.45) is 0 Å². The van der Waals surface area contributed by atoms with Crippen molar-refractivity contribution < 1.29 is 19.1 Å². The number of nitrogens with zero attached hydrogens (tertiary/aromatic N) is 1. The molecular formula is C20H20N2O4. The highest BCUT2D eigenvalue weighted by Gasteiger charge is 2.45. The highest BCUT2D eigenvalue weighted by molar-refractivity contribution is 6.09. The summed E-state index contributed by atoms with van der Waals surface area (Å²) in [7, 11) is 1.30. The Hall–Kier alpha value is -2.89. The molecule has 1 N–H and O–H groups in total. The standard InChI is InChI=1S/C20H20N2O4/c1-26-20(25)17-15(12-6-3-2-4-7-12)16-13(8-5-9-14(16)23)22-11-10-21-19(24)18(17)22/h2-4,6-7,15H,5,8-11H2,1H3,(H,21,24)/t15-/m1/s1. The Balaban J connectivity index is 2.01. The van der Waals surface area contributed by atoms with E-state index in [2.05, 4.69) is 5.32 Å². The highest BCUT2D eigenvalue weighted by Crippen LogP contribution is 2.46. The van der Waals surface area contributed by atoms with Crippen LogP contribution in [0.2, 0.25) is 0 Å². The molecule has 1 fully saturated rings. The lowest BCUT2D eigenvalue weighted by Crippen LogP contribution is -2.50. The lowest BCUT2D eigenvalue weighted by molar-refractivity contribution is -0.137. The van der Waals surface area contributed by atoms with E-state index in [1.54, 1.807) is 0 Å². The number of ketones is 1. The number of carbonyl (C=O) groups excluding carboxylic acids is 3. The molecule has 1 aromatic rings. The van der Waals surface area contributed by atoms with Crippen LogP contribution in [-0.4, -0.2) is 42.8 Å². The van der Waals surface area contributed by atoms with Gasteiger partial charge in [-0.05, 0) is 18.4 Å². The molecular weight excluding hydrogens is 332 g/mol. The van der Waals surface area contributed by atoms with E-state index in [1.165, 1.54) is 7.11 Å². The topological polar surface area (TPSA) is 75.7 Å². The van der Waals surface area contributed by atoms with Crippen LogP contribution in [0.15, 0.2) is 52.9 Å². The molecule has 26 heavy (non-hydrogen) atoms. The van der Waals surface area contributed by atoms with Gasteiger partial charge >= 0.3 is 5.97 Å². The second-order valence-electron chi connectivity index (χ2n) is 6.64. The number of amides is 1. The first-order valence-corrected chi connectivity index (χ1v) is 8.83. The number of esters is 1. The van der Waals surface area contributed by atoms with E-state index in [0.29, 0.717) is 30.8 Å². The Morgan fingerprint density at radius 3 is 2.69 bits per heavy atom. The largest absolute Gasteiger partial charge is 0.466 e. The van der Waals surface area contributed by atoms with Gasteiger partial charge in [0.25, 0.3) is 5.91 Å². The third-order valence-corrected chi connectivity index (χ3v) is 5.23. The number of benzene rings is 1. The number of rotatable bonds is 2. The summed E-state index contributed by atoms with van der Waals surface area (Å²) >= 11 is 0. The maximum atomic E-state index is 12.9. The van der Waals surface area contributed by atoms with E-state index in [1.807, 2.05) is 35.2 Å². The van der Waals surface area contributed by atoms with E-state index in [4.69, 9.17) is 4.74 Å². The number of fused-ring (bicyclic) bond motifs is 2. The van der Waals surface area contributed by atoms with Crippen molar-refractivity contribution in [2.75, 3.05) is 20.2 Å². The molecule has 6 nitrogen and oxygen atoms in total. The van der Waals surface area contributed by atoms with Crippen molar-refractivity contribution in [2.45, 2.75) is 25.2 Å². The minimum Gasteiger partial charge on any atom is -0.466 e. The summed E-state index contributed by atoms with van der Waals surface area (Å²) in [5, 5.41) is 2.82. The molecule has 0 unspecified atom stereocenters. The molecule has 0 bridgehead atoms. The first-order valence-electron chi connectivity index (χ1n) is 8.83. The van der Waals surface area contributed by atoms with Crippen LogP contribution in [0.5, 0.6) is 0 Å². The fourth-order valence-electron chi connectivity index (χ4n) is 4.18. The molecule has 2 aliphatic heterocycles. The summed E-state index contributed by atoms with van der Waals surface area (Å²) in [6, 6.07) is 9.40. The van der Waals surface area contributed by atoms with E-state index >= 15 is 0 Å². The van der Waals surface area contributed by atoms with E-state index in [9.17, 15) is 14.4 Å². The predicted octanol–water partition coefficient (Wildman–Crippen LogP) is 1.65. The van der Waals surface area contributed by atoms with Crippen LogP contribution in [0.4, 0.5) is 0 Å². The molecule has 1 saturated heterocycles. The molecule has 0 radical (unpaired) electrons. The van der Waals surface area contributed by atoms with Gasteiger partial charge in [-0.15, -0.1) is 0 Å². The average Bonchev–Trinajstić information content (AvgIpc) is 2.67. The van der Waals surface area contributed by atoms with Crippen molar-refractivity contribution in [1.29, 1.82) is 0 Å². The van der Waals surface area contributed by atoms with Gasteiger partial charge in [0.1, 0.15) is 5.70 Å². The quantitative estimate of drug-likeness (QED) is 0.819. The summed E-state index contributed by atoms with van der Waals surface area (Å²) in [5.41, 5.74) is 2.92. The third kappa shape index (κ3) is 2.44. The fraction of sp³-hybridized carbons (Fsp3) is 0.350. The molecule has 0 saturated carbocycles. The van der Waals surface area contributed by atoms with Crippen molar-refractivity contribution in [1.82, 2.24) is 10.2 Å². The summed E-state index contributed by atoms with van der Waals surface area (Å²) in [5.74, 6) is -1.38. The van der Waals surface area contributed by atoms with Gasteiger partial charge in [-0.25, -0.2) is 4.79 Å². The van der Waals surface area contributed by atoms with Gasteiger partial charge in [0.2, 0.25) is 0 Å². The SMILES string of the molecule is COC(=O)C1=C2C(=O)NCCN2C2=C(C(=O)CCC2)[C@H]1c1ccccc1. The first-order chi connectivity index (χ1) is 12.6. The number of hydrogen-bond donors (Lipinski definition) is 1. The minimum absolute atomic E-state index is 0.0477. The number of Topliss-reactive ketones (excluding diaryl/α,β-unsaturated/α-hetero) is 1. The van der Waals surface area contributed by atoms with E-state index < -0.39 is 11.9 Å². The normalized spacial score (nSPS) is 22.7. The number of piperazine rings is 1.